The van der Waals surface area contributed by atoms with Gasteiger partial charge in [0.05, 0.1) is 5.41 Å². The lowest BCUT2D eigenvalue weighted by atomic mass is 9.74. The number of amides is 5. The summed E-state index contributed by atoms with van der Waals surface area (Å²) in [4.78, 5) is 50.9. The molecule has 0 saturated carbocycles. The molecular weight excluding hydrogens is 372 g/mol. The van der Waals surface area contributed by atoms with Crippen LogP contribution in [-0.4, -0.2) is 58.7 Å². The number of urea groups is 1. The van der Waals surface area contributed by atoms with Crippen LogP contribution in [0.3, 0.4) is 0 Å². The summed E-state index contributed by atoms with van der Waals surface area (Å²) in [7, 11) is 0. The Morgan fingerprint density at radius 2 is 1.78 bits per heavy atom. The third kappa shape index (κ3) is 3.49. The average molecular weight is 393 g/mol. The Labute approximate surface area is 161 Å². The van der Waals surface area contributed by atoms with Crippen molar-refractivity contribution in [3.05, 3.63) is 34.9 Å². The van der Waals surface area contributed by atoms with Crippen molar-refractivity contribution >= 4 is 35.4 Å². The van der Waals surface area contributed by atoms with Gasteiger partial charge in [-0.3, -0.25) is 19.3 Å². The van der Waals surface area contributed by atoms with Gasteiger partial charge >= 0.3 is 6.03 Å². The quantitative estimate of drug-likeness (QED) is 0.711. The monoisotopic (exact) mass is 392 g/mol. The van der Waals surface area contributed by atoms with Crippen molar-refractivity contribution in [2.45, 2.75) is 25.8 Å². The third-order valence-electron chi connectivity index (χ3n) is 5.06. The highest BCUT2D eigenvalue weighted by Gasteiger charge is 2.51. The third-order valence-corrected chi connectivity index (χ3v) is 5.31. The van der Waals surface area contributed by atoms with Gasteiger partial charge in [-0.05, 0) is 38.0 Å². The van der Waals surface area contributed by atoms with Gasteiger partial charge in [0, 0.05) is 18.1 Å². The number of hydrogen-bond donors (Lipinski definition) is 2. The zero-order valence-electron chi connectivity index (χ0n) is 15.1. The summed E-state index contributed by atoms with van der Waals surface area (Å²) in [6.45, 7) is 3.09. The zero-order valence-corrected chi connectivity index (χ0v) is 15.9. The predicted octanol–water partition coefficient (Wildman–Crippen LogP) is 0.527. The number of nitrogens with zero attached hydrogens (tertiary/aromatic N) is 2. The summed E-state index contributed by atoms with van der Waals surface area (Å²) in [5.41, 5.74) is 4.58. The molecule has 3 N–H and O–H groups in total. The highest BCUT2D eigenvalue weighted by atomic mass is 35.5. The van der Waals surface area contributed by atoms with E-state index in [1.54, 1.807) is 26.0 Å². The summed E-state index contributed by atoms with van der Waals surface area (Å²) in [6, 6.07) is 6.49. The molecule has 8 nitrogen and oxygen atoms in total. The van der Waals surface area contributed by atoms with Crippen molar-refractivity contribution in [1.82, 2.24) is 15.1 Å². The molecule has 0 radical (unpaired) electrons. The minimum absolute atomic E-state index is 0.150. The highest BCUT2D eigenvalue weighted by Crippen LogP contribution is 2.34. The highest BCUT2D eigenvalue weighted by molar-refractivity contribution is 6.30. The van der Waals surface area contributed by atoms with Crippen LogP contribution in [0, 0.1) is 5.41 Å². The molecule has 27 heavy (non-hydrogen) atoms. The number of nitrogens with one attached hydrogen (secondary N) is 1. The van der Waals surface area contributed by atoms with Gasteiger partial charge in [0.2, 0.25) is 11.8 Å². The summed E-state index contributed by atoms with van der Waals surface area (Å²) < 4.78 is 0. The molecule has 144 valence electrons. The molecule has 0 atom stereocenters. The fraction of sp³-hybridized carbons (Fsp3) is 0.444. The van der Waals surface area contributed by atoms with Crippen LogP contribution >= 0.6 is 11.6 Å². The van der Waals surface area contributed by atoms with Crippen molar-refractivity contribution in [2.24, 2.45) is 11.1 Å². The number of likely N-dealkylation sites (tertiary alicyclic amines) is 1. The van der Waals surface area contributed by atoms with Crippen molar-refractivity contribution < 1.29 is 19.2 Å². The second kappa shape index (κ2) is 6.53. The van der Waals surface area contributed by atoms with E-state index in [0.29, 0.717) is 11.4 Å². The number of benzene rings is 1. The molecule has 0 unspecified atom stereocenters. The van der Waals surface area contributed by atoms with Crippen LogP contribution in [0.15, 0.2) is 24.3 Å². The molecule has 2 fully saturated rings. The first-order chi connectivity index (χ1) is 12.5. The topological polar surface area (TPSA) is 113 Å². The van der Waals surface area contributed by atoms with Crippen LogP contribution in [0.2, 0.25) is 5.02 Å². The van der Waals surface area contributed by atoms with E-state index in [0.717, 1.165) is 10.5 Å². The molecule has 0 bridgehead atoms. The number of primary amides is 1. The smallest absolute Gasteiger partial charge is 0.325 e. The molecule has 1 aromatic carbocycles. The molecule has 1 aromatic rings. The second-order valence-electron chi connectivity index (χ2n) is 7.64. The molecule has 0 aromatic heterocycles. The molecule has 9 heteroatoms. The maximum Gasteiger partial charge on any atom is 0.325 e. The van der Waals surface area contributed by atoms with Gasteiger partial charge in [-0.25, -0.2) is 4.79 Å². The summed E-state index contributed by atoms with van der Waals surface area (Å²) >= 11 is 5.87. The van der Waals surface area contributed by atoms with Crippen LogP contribution < -0.4 is 11.1 Å². The first-order valence-corrected chi connectivity index (χ1v) is 8.88. The fourth-order valence-electron chi connectivity index (χ4n) is 3.41. The molecule has 0 spiro atoms. The van der Waals surface area contributed by atoms with E-state index < -0.39 is 34.7 Å². The number of carbonyl (C=O) groups is 4. The Kier molecular flexibility index (Phi) is 4.63. The number of carbonyl (C=O) groups excluding carboxylic acids is 4. The molecular formula is C18H21ClN4O4. The van der Waals surface area contributed by atoms with E-state index in [1.807, 2.05) is 12.1 Å². The summed E-state index contributed by atoms with van der Waals surface area (Å²) in [5.74, 6) is -1.34. The van der Waals surface area contributed by atoms with Gasteiger partial charge < -0.3 is 16.0 Å². The maximum absolute atomic E-state index is 12.5. The molecule has 2 aliphatic heterocycles. The van der Waals surface area contributed by atoms with E-state index in [2.05, 4.69) is 5.32 Å². The lowest BCUT2D eigenvalue weighted by Gasteiger charge is -2.48. The molecule has 2 saturated heterocycles. The van der Waals surface area contributed by atoms with E-state index in [-0.39, 0.29) is 19.6 Å². The van der Waals surface area contributed by atoms with Crippen LogP contribution in [0.1, 0.15) is 19.4 Å². The minimum atomic E-state index is -1.03. The Morgan fingerprint density at radius 1 is 1.19 bits per heavy atom. The normalized spacial score (nSPS) is 20.3. The molecule has 3 rings (SSSR count). The van der Waals surface area contributed by atoms with Gasteiger partial charge in [-0.15, -0.1) is 0 Å². The number of nitrogens with two attached hydrogens (primary N) is 1. The lowest BCUT2D eigenvalue weighted by molar-refractivity contribution is -0.153. The van der Waals surface area contributed by atoms with Crippen molar-refractivity contribution in [3.63, 3.8) is 0 Å². The van der Waals surface area contributed by atoms with Crippen molar-refractivity contribution in [3.8, 4) is 0 Å². The molecule has 5 amide bonds. The second-order valence-corrected chi connectivity index (χ2v) is 8.08. The van der Waals surface area contributed by atoms with Gasteiger partial charge in [0.15, 0.2) is 0 Å². The minimum Gasteiger partial charge on any atom is -0.369 e. The average Bonchev–Trinajstić information content (AvgIpc) is 2.73. The predicted molar refractivity (Wildman–Crippen MR) is 97.7 cm³/mol. The Bertz CT molecular complexity index is 815. The van der Waals surface area contributed by atoms with Crippen LogP contribution in [-0.2, 0) is 20.8 Å². The fourth-order valence-corrected chi connectivity index (χ4v) is 3.53. The van der Waals surface area contributed by atoms with Crippen LogP contribution in [0.4, 0.5) is 4.79 Å². The largest absolute Gasteiger partial charge is 0.369 e. The summed E-state index contributed by atoms with van der Waals surface area (Å²) in [5, 5.41) is 3.12. The van der Waals surface area contributed by atoms with Crippen LogP contribution in [0.25, 0.3) is 0 Å². The zero-order chi connectivity index (χ0) is 20.0. The van der Waals surface area contributed by atoms with Crippen molar-refractivity contribution in [2.75, 3.05) is 19.6 Å². The van der Waals surface area contributed by atoms with Gasteiger partial charge in [-0.1, -0.05) is 23.7 Å². The maximum atomic E-state index is 12.5. The van der Waals surface area contributed by atoms with Gasteiger partial charge in [0.25, 0.3) is 5.91 Å². The standard InChI is InChI=1S/C18H21ClN4O4/c1-17(2)15(26)23(16(27)21-17)8-13(24)22-9-18(10-22,14(20)25)7-11-3-5-12(19)6-4-11/h3-6H,7-10H2,1-2H3,(H2,20,25)(H,21,27). The molecule has 2 aliphatic rings. The number of hydrogen-bond acceptors (Lipinski definition) is 4. The van der Waals surface area contributed by atoms with E-state index in [9.17, 15) is 19.2 Å². The van der Waals surface area contributed by atoms with E-state index in [1.165, 1.54) is 4.90 Å². The number of rotatable bonds is 5. The van der Waals surface area contributed by atoms with Crippen LogP contribution in [0.5, 0.6) is 0 Å². The molecule has 0 aliphatic carbocycles. The summed E-state index contributed by atoms with van der Waals surface area (Å²) in [6.07, 6.45) is 0.388. The number of imide groups is 1. The number of halogens is 1. The Hall–Kier alpha value is -2.61. The van der Waals surface area contributed by atoms with Gasteiger partial charge in [0.1, 0.15) is 12.1 Å². The van der Waals surface area contributed by atoms with E-state index >= 15 is 0 Å². The lowest BCUT2D eigenvalue weighted by Crippen LogP contribution is -2.66. The first-order valence-electron chi connectivity index (χ1n) is 8.50. The SMILES string of the molecule is CC1(C)NC(=O)N(CC(=O)N2CC(Cc3ccc(Cl)cc3)(C(N)=O)C2)C1=O. The van der Waals surface area contributed by atoms with E-state index in [4.69, 9.17) is 17.3 Å². The Morgan fingerprint density at radius 3 is 2.26 bits per heavy atom. The first kappa shape index (κ1) is 19.2. The molecule has 2 heterocycles. The Balaban J connectivity index is 1.64. The van der Waals surface area contributed by atoms with Gasteiger partial charge in [-0.2, -0.15) is 0 Å². The van der Waals surface area contributed by atoms with Crippen molar-refractivity contribution in [1.29, 1.82) is 0 Å².